The maximum Gasteiger partial charge on any atom is 3.00 e. The normalized spacial score (nSPS) is 16.1. The first-order chi connectivity index (χ1) is 25.6. The molecule has 1 amide bonds. The van der Waals surface area contributed by atoms with Crippen molar-refractivity contribution in [2.45, 2.75) is 48.8 Å². The number of carboxylic acids is 4. The van der Waals surface area contributed by atoms with Gasteiger partial charge in [-0.15, -0.1) is 11.3 Å². The molecule has 0 spiro atoms. The van der Waals surface area contributed by atoms with Crippen LogP contribution in [0.5, 0.6) is 0 Å². The summed E-state index contributed by atoms with van der Waals surface area (Å²) in [4.78, 5) is 81.9. The molecule has 0 bridgehead atoms. The molecule has 298 valence electrons. The molecular formula is C34H45GaN6O12S2. The summed E-state index contributed by atoms with van der Waals surface area (Å²) in [6.07, 6.45) is 1.71. The summed E-state index contributed by atoms with van der Waals surface area (Å²) >= 11 is 1.24. The van der Waals surface area contributed by atoms with Crippen LogP contribution >= 0.6 is 11.3 Å². The summed E-state index contributed by atoms with van der Waals surface area (Å²) in [5, 5.41) is 49.1. The quantitative estimate of drug-likeness (QED) is 0.0938. The number of carbonyl (C=O) groups excluding carboxylic acids is 5. The molecule has 21 heteroatoms. The first-order valence-corrected chi connectivity index (χ1v) is 19.9. The first-order valence-electron chi connectivity index (χ1n) is 17.3. The smallest absolute Gasteiger partial charge is 0.549 e. The second kappa shape index (κ2) is 24.0. The van der Waals surface area contributed by atoms with E-state index in [1.807, 2.05) is 0 Å². The number of sulfone groups is 1. The van der Waals surface area contributed by atoms with Gasteiger partial charge in [-0.25, -0.2) is 13.4 Å². The molecule has 2 aromatic rings. The summed E-state index contributed by atoms with van der Waals surface area (Å²) in [6.45, 7) is -0.418. The van der Waals surface area contributed by atoms with Crippen molar-refractivity contribution >= 4 is 76.5 Å². The number of nitrogens with zero attached hydrogens (tertiary/aromatic N) is 5. The van der Waals surface area contributed by atoms with Crippen molar-refractivity contribution in [1.82, 2.24) is 29.9 Å². The third kappa shape index (κ3) is 18.2. The van der Waals surface area contributed by atoms with Crippen molar-refractivity contribution in [1.29, 1.82) is 0 Å². The van der Waals surface area contributed by atoms with Crippen LogP contribution < -0.4 is 20.6 Å². The molecule has 3 rings (SSSR count). The molecule has 0 radical (unpaired) electrons. The number of carboxylic acid groups (broad SMARTS) is 4. The minimum absolute atomic E-state index is 0. The molecule has 2 N–H and O–H groups in total. The molecule has 18 nitrogen and oxygen atoms in total. The van der Waals surface area contributed by atoms with E-state index >= 15 is 0 Å². The minimum atomic E-state index is -3.59. The number of benzene rings is 1. The van der Waals surface area contributed by atoms with E-state index in [0.29, 0.717) is 10.6 Å². The average Bonchev–Trinajstić information content (AvgIpc) is 3.59. The number of rotatable bonds is 20. The topological polar surface area (TPSA) is 264 Å². The summed E-state index contributed by atoms with van der Waals surface area (Å²) in [7, 11) is -3.59. The van der Waals surface area contributed by atoms with Gasteiger partial charge in [0.1, 0.15) is 22.6 Å². The molecule has 1 aromatic heterocycles. The number of amides is 1. The van der Waals surface area contributed by atoms with Crippen LogP contribution in [-0.2, 0) is 50.8 Å². The third-order valence-corrected chi connectivity index (χ3v) is 11.4. The number of hydrogen-bond acceptors (Lipinski definition) is 17. The van der Waals surface area contributed by atoms with E-state index in [2.05, 4.69) is 10.3 Å². The van der Waals surface area contributed by atoms with Crippen LogP contribution in [0.2, 0.25) is 0 Å². The van der Waals surface area contributed by atoms with Gasteiger partial charge >= 0.3 is 25.8 Å². The Balaban J connectivity index is 0.0000105. The summed E-state index contributed by atoms with van der Waals surface area (Å²) in [6, 6.07) is 4.91. The standard InChI is InChI=1S/C34H48N6O12S2.Ga/c41-26(20-25-3-6-27(7-4-25)54(51,52)24-30-36-10-19-53-30)5-8-29(42)35-9-1-2-28(34(49)50)40-17-15-38(22-32(45)46)13-11-37(21-31(43)44)12-14-39(16-18-40)23-33(47)48;/h3-4,6-7,10,19,28H,1-2,5,8-9,11-18,20-24H2,(H,35,42)(H,43,44)(H,45,46)(H,47,48)(H,49,50);/q;+3/p-3. The molecular weight excluding hydrogens is 818 g/mol. The number of carbonyl (C=O) groups is 6. The maximum atomic E-state index is 12.6. The Hall–Kier alpha value is -3.70. The van der Waals surface area contributed by atoms with Gasteiger partial charge in [0.25, 0.3) is 0 Å². The Morgan fingerprint density at radius 3 is 1.76 bits per heavy atom. The van der Waals surface area contributed by atoms with E-state index in [1.165, 1.54) is 44.4 Å². The van der Waals surface area contributed by atoms with E-state index in [0.717, 1.165) is 0 Å². The molecule has 1 unspecified atom stereocenters. The van der Waals surface area contributed by atoms with E-state index in [9.17, 15) is 57.6 Å². The molecule has 1 atom stereocenters. The van der Waals surface area contributed by atoms with Crippen LogP contribution in [-0.4, -0.2) is 178 Å². The minimum Gasteiger partial charge on any atom is -0.549 e. The summed E-state index contributed by atoms with van der Waals surface area (Å²) < 4.78 is 25.3. The van der Waals surface area contributed by atoms with Gasteiger partial charge in [-0.2, -0.15) is 0 Å². The number of ketones is 1. The monoisotopic (exact) mass is 862 g/mol. The van der Waals surface area contributed by atoms with E-state index in [4.69, 9.17) is 0 Å². The van der Waals surface area contributed by atoms with Gasteiger partial charge in [-0.05, 0) is 30.5 Å². The van der Waals surface area contributed by atoms with E-state index in [1.54, 1.807) is 22.4 Å². The van der Waals surface area contributed by atoms with Crippen LogP contribution in [0.3, 0.4) is 0 Å². The molecule has 1 aliphatic heterocycles. The number of aromatic nitrogens is 1. The van der Waals surface area contributed by atoms with Crippen molar-refractivity contribution < 1.29 is 57.6 Å². The van der Waals surface area contributed by atoms with Gasteiger partial charge in [0.15, 0.2) is 9.84 Å². The van der Waals surface area contributed by atoms with Crippen LogP contribution in [0.25, 0.3) is 0 Å². The van der Waals surface area contributed by atoms with Crippen molar-refractivity contribution in [3.63, 3.8) is 0 Å². The molecule has 2 heterocycles. The van der Waals surface area contributed by atoms with Crippen LogP contribution in [0, 0.1) is 0 Å². The van der Waals surface area contributed by atoms with E-state index < -0.39 is 65.3 Å². The maximum absolute atomic E-state index is 12.6. The van der Waals surface area contributed by atoms with Gasteiger partial charge in [0.05, 0.1) is 22.8 Å². The van der Waals surface area contributed by atoms with Crippen LogP contribution in [0.15, 0.2) is 40.7 Å². The average molecular weight is 864 g/mol. The largest absolute Gasteiger partial charge is 3.00 e. The summed E-state index contributed by atoms with van der Waals surface area (Å²) in [5.41, 5.74) is 0.596. The predicted octanol–water partition coefficient (Wildman–Crippen LogP) is -4.55. The second-order valence-corrected chi connectivity index (χ2v) is 15.8. The van der Waals surface area contributed by atoms with Gasteiger partial charge < -0.3 is 40.1 Å². The predicted molar refractivity (Wildman–Crippen MR) is 193 cm³/mol. The zero-order valence-corrected chi connectivity index (χ0v) is 34.4. The second-order valence-electron chi connectivity index (χ2n) is 12.9. The Morgan fingerprint density at radius 2 is 1.31 bits per heavy atom. The molecule has 1 fully saturated rings. The number of aliphatic carboxylic acids is 4. The van der Waals surface area contributed by atoms with Crippen molar-refractivity contribution in [2.24, 2.45) is 0 Å². The van der Waals surface area contributed by atoms with Gasteiger partial charge in [-0.1, -0.05) is 12.1 Å². The van der Waals surface area contributed by atoms with Gasteiger partial charge in [0, 0.05) is 109 Å². The number of thiazole rings is 1. The molecule has 1 saturated heterocycles. The Bertz CT molecular complexity index is 1650. The van der Waals surface area contributed by atoms with Crippen molar-refractivity contribution in [2.75, 3.05) is 78.5 Å². The fourth-order valence-corrected chi connectivity index (χ4v) is 8.17. The number of hydrogen-bond donors (Lipinski definition) is 2. The molecule has 55 heavy (non-hydrogen) atoms. The van der Waals surface area contributed by atoms with E-state index in [-0.39, 0.29) is 127 Å². The molecule has 0 aliphatic carbocycles. The summed E-state index contributed by atoms with van der Waals surface area (Å²) in [5.74, 6) is -6.09. The Morgan fingerprint density at radius 1 is 0.800 bits per heavy atom. The number of nitrogens with one attached hydrogen (secondary N) is 1. The van der Waals surface area contributed by atoms with Crippen molar-refractivity contribution in [3.8, 4) is 0 Å². The van der Waals surface area contributed by atoms with Crippen LogP contribution in [0.4, 0.5) is 0 Å². The Labute approximate surface area is 336 Å². The fourth-order valence-electron chi connectivity index (χ4n) is 5.91. The number of Topliss-reactive ketones (excluding diaryl/α,β-unsaturated/α-hetero) is 1. The third-order valence-electron chi connectivity index (χ3n) is 8.74. The Kier molecular flexibility index (Phi) is 20.7. The molecule has 0 saturated carbocycles. The van der Waals surface area contributed by atoms with Gasteiger partial charge in [-0.3, -0.25) is 34.0 Å². The fraction of sp³-hybridized carbons (Fsp3) is 0.559. The van der Waals surface area contributed by atoms with Crippen molar-refractivity contribution in [3.05, 3.63) is 46.4 Å². The zero-order valence-electron chi connectivity index (χ0n) is 30.3. The molecule has 1 aromatic carbocycles. The zero-order chi connectivity index (χ0) is 39.7. The van der Waals surface area contributed by atoms with Crippen LogP contribution in [0.1, 0.15) is 36.3 Å². The molecule has 1 aliphatic rings. The first kappa shape index (κ1) is 47.4. The van der Waals surface area contributed by atoms with Gasteiger partial charge in [0.2, 0.25) is 5.91 Å². The SMILES string of the molecule is O=C([O-])CN1CCN(CC(=O)[O-])CCN(C(CCCNC(=O)CCC(=O)Cc2ccc(S(=O)(=O)Cc3nccs3)cc2)C(=O)O)CCN(CC(=O)[O-])CC1.[Ga+3].